The zero-order valence-electron chi connectivity index (χ0n) is 12.3. The van der Waals surface area contributed by atoms with Gasteiger partial charge >= 0.3 is 0 Å². The van der Waals surface area contributed by atoms with Crippen LogP contribution in [0.3, 0.4) is 0 Å². The van der Waals surface area contributed by atoms with Gasteiger partial charge in [-0.05, 0) is 26.0 Å². The molecule has 4 nitrogen and oxygen atoms in total. The molecule has 1 heterocycles. The van der Waals surface area contributed by atoms with Crippen molar-refractivity contribution < 1.29 is 4.79 Å². The van der Waals surface area contributed by atoms with Gasteiger partial charge in [0, 0.05) is 29.7 Å². The Labute approximate surface area is 144 Å². The zero-order valence-corrected chi connectivity index (χ0v) is 14.7. The Balaban J connectivity index is 2.12. The summed E-state index contributed by atoms with van der Waals surface area (Å²) in [5, 5.41) is 5.69. The minimum Gasteiger partial charge on any atom is -0.349 e. The Morgan fingerprint density at radius 3 is 2.45 bits per heavy atom. The van der Waals surface area contributed by atoms with E-state index in [9.17, 15) is 4.79 Å². The third-order valence-corrected chi connectivity index (χ3v) is 4.47. The maximum absolute atomic E-state index is 11.4. The van der Waals surface area contributed by atoms with Crippen molar-refractivity contribution in [2.24, 2.45) is 0 Å². The van der Waals surface area contributed by atoms with Crippen LogP contribution < -0.4 is 10.2 Å². The summed E-state index contributed by atoms with van der Waals surface area (Å²) >= 11 is 12.6. The highest BCUT2D eigenvalue weighted by atomic mass is 35.5. The van der Waals surface area contributed by atoms with Crippen LogP contribution in [0.4, 0.5) is 10.8 Å². The van der Waals surface area contributed by atoms with Crippen molar-refractivity contribution in [2.45, 2.75) is 18.7 Å². The van der Waals surface area contributed by atoms with Crippen LogP contribution in [0.25, 0.3) is 11.3 Å². The summed E-state index contributed by atoms with van der Waals surface area (Å²) in [6, 6.07) is 7.43. The molecule has 1 amide bonds. The first-order valence-electron chi connectivity index (χ1n) is 6.95. The highest BCUT2D eigenvalue weighted by Crippen LogP contribution is 2.28. The minimum atomic E-state index is -1.07. The second-order valence-electron chi connectivity index (χ2n) is 4.55. The fraction of sp³-hybridized carbons (Fsp3) is 0.333. The second kappa shape index (κ2) is 7.81. The molecule has 0 saturated carbocycles. The molecule has 118 valence electrons. The van der Waals surface area contributed by atoms with Crippen molar-refractivity contribution in [3.63, 3.8) is 0 Å². The molecule has 0 fully saturated rings. The van der Waals surface area contributed by atoms with Gasteiger partial charge in [-0.1, -0.05) is 35.3 Å². The molecule has 0 radical (unpaired) electrons. The Bertz CT molecular complexity index is 624. The molecular formula is C15H17Cl2N3OS. The van der Waals surface area contributed by atoms with E-state index in [1.165, 1.54) is 0 Å². The lowest BCUT2D eigenvalue weighted by Gasteiger charge is -2.16. The number of aromatic nitrogens is 1. The summed E-state index contributed by atoms with van der Waals surface area (Å²) in [6.07, 6.45) is 0. The van der Waals surface area contributed by atoms with E-state index in [1.807, 2.05) is 17.5 Å². The molecule has 7 heteroatoms. The number of hydrogen-bond donors (Lipinski definition) is 1. The fourth-order valence-electron chi connectivity index (χ4n) is 1.96. The summed E-state index contributed by atoms with van der Waals surface area (Å²) in [7, 11) is 0. The SMILES string of the molecule is CCN(CC)c1nc(-c2ccc(NC(=O)C(Cl)Cl)cc2)cs1. The summed E-state index contributed by atoms with van der Waals surface area (Å²) in [5.41, 5.74) is 2.58. The van der Waals surface area contributed by atoms with Crippen LogP contribution in [0, 0.1) is 0 Å². The van der Waals surface area contributed by atoms with E-state index in [-0.39, 0.29) is 0 Å². The first kappa shape index (κ1) is 17.1. The first-order valence-corrected chi connectivity index (χ1v) is 8.70. The van der Waals surface area contributed by atoms with Crippen molar-refractivity contribution >= 4 is 51.3 Å². The number of alkyl halides is 2. The molecular weight excluding hydrogens is 341 g/mol. The zero-order chi connectivity index (χ0) is 16.1. The van der Waals surface area contributed by atoms with Crippen molar-refractivity contribution in [3.8, 4) is 11.3 Å². The predicted octanol–water partition coefficient (Wildman–Crippen LogP) is 4.40. The number of nitrogens with zero attached hydrogens (tertiary/aromatic N) is 2. The van der Waals surface area contributed by atoms with Gasteiger partial charge in [0.2, 0.25) is 0 Å². The molecule has 0 spiro atoms. The van der Waals surface area contributed by atoms with Crippen LogP contribution in [0.15, 0.2) is 29.6 Å². The average molecular weight is 358 g/mol. The monoisotopic (exact) mass is 357 g/mol. The number of nitrogens with one attached hydrogen (secondary N) is 1. The molecule has 1 aromatic heterocycles. The van der Waals surface area contributed by atoms with Gasteiger partial charge in [0.05, 0.1) is 5.69 Å². The van der Waals surface area contributed by atoms with E-state index in [1.54, 1.807) is 23.5 Å². The van der Waals surface area contributed by atoms with E-state index in [0.29, 0.717) is 5.69 Å². The van der Waals surface area contributed by atoms with Gasteiger partial charge in [0.1, 0.15) is 0 Å². The van der Waals surface area contributed by atoms with E-state index in [4.69, 9.17) is 23.2 Å². The number of amides is 1. The molecule has 1 aromatic carbocycles. The molecule has 0 bridgehead atoms. The standard InChI is InChI=1S/C15H17Cl2N3OS/c1-3-20(4-2)15-19-12(9-22-15)10-5-7-11(8-6-10)18-14(21)13(16)17/h5-9,13H,3-4H2,1-2H3,(H,18,21). The second-order valence-corrected chi connectivity index (χ2v) is 6.49. The average Bonchev–Trinajstić information content (AvgIpc) is 2.99. The summed E-state index contributed by atoms with van der Waals surface area (Å²) in [6.45, 7) is 6.10. The van der Waals surface area contributed by atoms with Crippen molar-refractivity contribution in [1.29, 1.82) is 0 Å². The number of thiazole rings is 1. The Kier molecular flexibility index (Phi) is 6.06. The molecule has 0 unspecified atom stereocenters. The van der Waals surface area contributed by atoms with E-state index < -0.39 is 10.7 Å². The van der Waals surface area contributed by atoms with Gasteiger partial charge in [0.25, 0.3) is 5.91 Å². The number of carbonyl (C=O) groups is 1. The molecule has 2 rings (SSSR count). The number of anilines is 2. The highest BCUT2D eigenvalue weighted by Gasteiger charge is 2.12. The van der Waals surface area contributed by atoms with E-state index in [0.717, 1.165) is 29.5 Å². The van der Waals surface area contributed by atoms with Crippen LogP contribution in [-0.2, 0) is 4.79 Å². The molecule has 0 aliphatic rings. The molecule has 0 atom stereocenters. The molecule has 0 saturated heterocycles. The van der Waals surface area contributed by atoms with Crippen molar-refractivity contribution in [1.82, 2.24) is 4.98 Å². The van der Waals surface area contributed by atoms with E-state index >= 15 is 0 Å². The van der Waals surface area contributed by atoms with Crippen LogP contribution in [0.1, 0.15) is 13.8 Å². The number of halogens is 2. The van der Waals surface area contributed by atoms with Gasteiger partial charge in [-0.2, -0.15) is 0 Å². The van der Waals surface area contributed by atoms with Crippen LogP contribution in [0.2, 0.25) is 0 Å². The molecule has 2 aromatic rings. The number of benzene rings is 1. The van der Waals surface area contributed by atoms with Gasteiger partial charge in [-0.3, -0.25) is 4.79 Å². The lowest BCUT2D eigenvalue weighted by atomic mass is 10.1. The Hall–Kier alpha value is -1.30. The topological polar surface area (TPSA) is 45.2 Å². The molecule has 0 aliphatic heterocycles. The first-order chi connectivity index (χ1) is 10.5. The highest BCUT2D eigenvalue weighted by molar-refractivity contribution is 7.14. The van der Waals surface area contributed by atoms with Gasteiger partial charge in [0.15, 0.2) is 9.97 Å². The molecule has 22 heavy (non-hydrogen) atoms. The third-order valence-electron chi connectivity index (χ3n) is 3.17. The van der Waals surface area contributed by atoms with Gasteiger partial charge in [-0.25, -0.2) is 4.98 Å². The van der Waals surface area contributed by atoms with E-state index in [2.05, 4.69) is 29.0 Å². The quantitative estimate of drug-likeness (QED) is 0.779. The third kappa shape index (κ3) is 4.12. The fourth-order valence-corrected chi connectivity index (χ4v) is 3.03. The number of hydrogen-bond acceptors (Lipinski definition) is 4. The van der Waals surface area contributed by atoms with Crippen LogP contribution in [-0.4, -0.2) is 28.8 Å². The lowest BCUT2D eigenvalue weighted by molar-refractivity contribution is -0.114. The Morgan fingerprint density at radius 1 is 1.27 bits per heavy atom. The Morgan fingerprint density at radius 2 is 1.91 bits per heavy atom. The maximum atomic E-state index is 11.4. The van der Waals surface area contributed by atoms with Gasteiger partial charge in [-0.15, -0.1) is 11.3 Å². The summed E-state index contributed by atoms with van der Waals surface area (Å²) < 4.78 is 0. The predicted molar refractivity (Wildman–Crippen MR) is 95.2 cm³/mol. The molecule has 1 N–H and O–H groups in total. The lowest BCUT2D eigenvalue weighted by Crippen LogP contribution is -2.21. The largest absolute Gasteiger partial charge is 0.349 e. The molecule has 0 aliphatic carbocycles. The summed E-state index contributed by atoms with van der Waals surface area (Å²) in [5.74, 6) is -0.437. The van der Waals surface area contributed by atoms with Crippen LogP contribution in [0.5, 0.6) is 0 Å². The smallest absolute Gasteiger partial charge is 0.257 e. The minimum absolute atomic E-state index is 0.437. The summed E-state index contributed by atoms with van der Waals surface area (Å²) in [4.78, 5) is 17.2. The maximum Gasteiger partial charge on any atom is 0.257 e. The van der Waals surface area contributed by atoms with Gasteiger partial charge < -0.3 is 10.2 Å². The van der Waals surface area contributed by atoms with Crippen molar-refractivity contribution in [3.05, 3.63) is 29.6 Å². The van der Waals surface area contributed by atoms with Crippen LogP contribution >= 0.6 is 34.5 Å². The van der Waals surface area contributed by atoms with Crippen molar-refractivity contribution in [2.75, 3.05) is 23.3 Å². The normalized spacial score (nSPS) is 10.8. The number of rotatable bonds is 6. The number of carbonyl (C=O) groups excluding carboxylic acids is 1.